The van der Waals surface area contributed by atoms with Gasteiger partial charge in [-0.05, 0) is 23.5 Å². The predicted octanol–water partition coefficient (Wildman–Crippen LogP) is 2.42. The largest absolute Gasteiger partial charge is 0.287 e. The van der Waals surface area contributed by atoms with Gasteiger partial charge in [0.15, 0.2) is 14.6 Å². The van der Waals surface area contributed by atoms with Crippen LogP contribution in [0.25, 0.3) is 0 Å². The molecule has 1 aromatic heterocycles. The molecule has 0 aromatic carbocycles. The van der Waals surface area contributed by atoms with Crippen molar-refractivity contribution in [3.8, 4) is 0 Å². The van der Waals surface area contributed by atoms with Gasteiger partial charge in [0.2, 0.25) is 0 Å². The molecule has 70 valence electrons. The lowest BCUT2D eigenvalue weighted by Crippen LogP contribution is -1.82. The van der Waals surface area contributed by atoms with Gasteiger partial charge in [0, 0.05) is 19.2 Å². The highest BCUT2D eigenvalue weighted by atomic mass is 32.2. The lowest BCUT2D eigenvalue weighted by molar-refractivity contribution is -0.109. The van der Waals surface area contributed by atoms with E-state index in [1.165, 1.54) is 25.2 Å². The maximum atomic E-state index is 10.7. The van der Waals surface area contributed by atoms with E-state index in [4.69, 9.17) is 0 Å². The van der Waals surface area contributed by atoms with Crippen LogP contribution in [0.5, 0.6) is 0 Å². The van der Waals surface area contributed by atoms with Crippen LogP contribution in [0.3, 0.4) is 0 Å². The van der Waals surface area contributed by atoms with Crippen molar-refractivity contribution in [1.82, 2.24) is 4.98 Å². The first kappa shape index (κ1) is 10.7. The van der Waals surface area contributed by atoms with Crippen LogP contribution in [0.4, 0.5) is 0 Å². The first-order valence-corrected chi connectivity index (χ1v) is 5.91. The normalized spacial score (nSPS) is 10.0. The summed E-state index contributed by atoms with van der Waals surface area (Å²) in [5.74, 6) is 0. The maximum Gasteiger partial charge on any atom is 0.192 e. The molecule has 0 atom stereocenters. The summed E-state index contributed by atoms with van der Waals surface area (Å²) in [5, 5.41) is 2.46. The lowest BCUT2D eigenvalue weighted by Gasteiger charge is -1.88. The smallest absolute Gasteiger partial charge is 0.192 e. The molecule has 0 fully saturated rings. The Labute approximate surface area is 88.3 Å². The molecule has 3 nitrogen and oxygen atoms in total. The molecule has 0 spiro atoms. The number of hydrogen-bond donors (Lipinski definition) is 0. The number of nitrogens with zero attached hydrogens (tertiary/aromatic N) is 1. The summed E-state index contributed by atoms with van der Waals surface area (Å²) in [6.45, 7) is 2.98. The molecule has 13 heavy (non-hydrogen) atoms. The number of aromatic nitrogens is 1. The molecule has 0 saturated heterocycles. The van der Waals surface area contributed by atoms with Gasteiger partial charge in [0.1, 0.15) is 5.03 Å². The highest BCUT2D eigenvalue weighted by Crippen LogP contribution is 2.28. The number of carbonyl (C=O) groups excluding carboxylic acids is 2. The molecule has 1 aromatic rings. The van der Waals surface area contributed by atoms with E-state index in [0.29, 0.717) is 9.37 Å². The van der Waals surface area contributed by atoms with Crippen molar-refractivity contribution in [2.24, 2.45) is 0 Å². The van der Waals surface area contributed by atoms with Gasteiger partial charge in [-0.25, -0.2) is 4.98 Å². The quantitative estimate of drug-likeness (QED) is 0.734. The molecule has 0 amide bonds. The zero-order valence-corrected chi connectivity index (χ0v) is 9.52. The fourth-order valence-corrected chi connectivity index (χ4v) is 2.98. The van der Waals surface area contributed by atoms with E-state index in [0.717, 1.165) is 23.5 Å². The fraction of sp³-hybridized carbons (Fsp3) is 0.286. The topological polar surface area (TPSA) is 47.0 Å². The minimum Gasteiger partial charge on any atom is -0.287 e. The van der Waals surface area contributed by atoms with Gasteiger partial charge >= 0.3 is 0 Å². The van der Waals surface area contributed by atoms with E-state index in [9.17, 15) is 9.59 Å². The molecular formula is C7H7NO2S3. The summed E-state index contributed by atoms with van der Waals surface area (Å²) < 4.78 is 0.691. The van der Waals surface area contributed by atoms with Crippen molar-refractivity contribution in [1.29, 1.82) is 0 Å². The van der Waals surface area contributed by atoms with Gasteiger partial charge in [-0.3, -0.25) is 9.59 Å². The third-order valence-electron chi connectivity index (χ3n) is 0.941. The van der Waals surface area contributed by atoms with Gasteiger partial charge in [0.05, 0.1) is 0 Å². The van der Waals surface area contributed by atoms with E-state index >= 15 is 0 Å². The van der Waals surface area contributed by atoms with Crippen molar-refractivity contribution in [2.45, 2.75) is 23.2 Å². The summed E-state index contributed by atoms with van der Waals surface area (Å²) in [7, 11) is 0. The molecule has 0 N–H and O–H groups in total. The monoisotopic (exact) mass is 233 g/mol. The van der Waals surface area contributed by atoms with Crippen LogP contribution in [0.2, 0.25) is 0 Å². The first-order chi connectivity index (χ1) is 6.08. The fourth-order valence-electron chi connectivity index (χ4n) is 0.607. The van der Waals surface area contributed by atoms with Gasteiger partial charge in [-0.1, -0.05) is 0 Å². The average molecular weight is 233 g/mol. The zero-order chi connectivity index (χ0) is 9.84. The van der Waals surface area contributed by atoms with Gasteiger partial charge < -0.3 is 0 Å². The molecule has 0 saturated carbocycles. The van der Waals surface area contributed by atoms with E-state index in [1.807, 2.05) is 0 Å². The number of hydrogen-bond acceptors (Lipinski definition) is 6. The van der Waals surface area contributed by atoms with Crippen molar-refractivity contribution in [2.75, 3.05) is 0 Å². The number of thioether (sulfide) groups is 2. The number of rotatable bonds is 2. The molecule has 0 bridgehead atoms. The van der Waals surface area contributed by atoms with Gasteiger partial charge in [0.25, 0.3) is 0 Å². The Balaban J connectivity index is 2.63. The van der Waals surface area contributed by atoms with Crippen LogP contribution in [-0.4, -0.2) is 15.2 Å². The summed E-state index contributed by atoms with van der Waals surface area (Å²) in [6, 6.07) is 0. The second-order valence-corrected chi connectivity index (χ2v) is 5.62. The second kappa shape index (κ2) is 4.78. The van der Waals surface area contributed by atoms with Crippen LogP contribution in [0, 0.1) is 0 Å². The Morgan fingerprint density at radius 3 is 2.46 bits per heavy atom. The van der Waals surface area contributed by atoms with Gasteiger partial charge in [-0.15, -0.1) is 11.3 Å². The molecule has 6 heteroatoms. The van der Waals surface area contributed by atoms with Crippen LogP contribution in [-0.2, 0) is 9.59 Å². The van der Waals surface area contributed by atoms with Crippen LogP contribution in [0.1, 0.15) is 13.8 Å². The average Bonchev–Trinajstić information content (AvgIpc) is 2.33. The van der Waals surface area contributed by atoms with Crippen molar-refractivity contribution >= 4 is 45.1 Å². The van der Waals surface area contributed by atoms with E-state index < -0.39 is 0 Å². The summed E-state index contributed by atoms with van der Waals surface area (Å²) in [6.07, 6.45) is 0. The minimum atomic E-state index is 0.00433. The van der Waals surface area contributed by atoms with Crippen molar-refractivity contribution in [3.63, 3.8) is 0 Å². The Kier molecular flexibility index (Phi) is 3.95. The van der Waals surface area contributed by atoms with Crippen LogP contribution < -0.4 is 0 Å². The Hall–Kier alpha value is -0.330. The van der Waals surface area contributed by atoms with Crippen LogP contribution >= 0.6 is 34.9 Å². The molecule has 0 unspecified atom stereocenters. The standard InChI is InChI=1S/C7H7NO2S3/c1-4(9)12-6-3-11-7(8-6)13-5(2)10/h3H,1-2H3. The molecule has 0 aliphatic rings. The predicted molar refractivity (Wildman–Crippen MR) is 55.2 cm³/mol. The van der Waals surface area contributed by atoms with Crippen LogP contribution in [0.15, 0.2) is 14.7 Å². The zero-order valence-electron chi connectivity index (χ0n) is 7.07. The van der Waals surface area contributed by atoms with Crippen molar-refractivity contribution in [3.05, 3.63) is 5.38 Å². The Morgan fingerprint density at radius 2 is 1.92 bits per heavy atom. The van der Waals surface area contributed by atoms with E-state index in [1.54, 1.807) is 5.38 Å². The summed E-state index contributed by atoms with van der Waals surface area (Å²) in [5.41, 5.74) is 0. The SMILES string of the molecule is CC(=O)Sc1csc(SC(C)=O)n1. The number of thiazole rings is 1. The van der Waals surface area contributed by atoms with Crippen molar-refractivity contribution < 1.29 is 9.59 Å². The lowest BCUT2D eigenvalue weighted by atomic mass is 10.9. The van der Waals surface area contributed by atoms with Gasteiger partial charge in [-0.2, -0.15) is 0 Å². The van der Waals surface area contributed by atoms with E-state index in [2.05, 4.69) is 4.98 Å². The highest BCUT2D eigenvalue weighted by Gasteiger charge is 2.07. The third kappa shape index (κ3) is 3.93. The molecule has 0 aliphatic heterocycles. The van der Waals surface area contributed by atoms with E-state index in [-0.39, 0.29) is 10.2 Å². The summed E-state index contributed by atoms with van der Waals surface area (Å²) in [4.78, 5) is 25.5. The molecule has 0 aliphatic carbocycles. The first-order valence-electron chi connectivity index (χ1n) is 3.40. The molecule has 0 radical (unpaired) electrons. The minimum absolute atomic E-state index is 0.00433. The highest BCUT2D eigenvalue weighted by molar-refractivity contribution is 8.15. The summed E-state index contributed by atoms with van der Waals surface area (Å²) >= 11 is 3.55. The second-order valence-electron chi connectivity index (χ2n) is 2.14. The molecular weight excluding hydrogens is 226 g/mol. The maximum absolute atomic E-state index is 10.7. The Bertz CT molecular complexity index is 304. The molecule has 1 rings (SSSR count). The Morgan fingerprint density at radius 1 is 1.31 bits per heavy atom. The third-order valence-corrected chi connectivity index (χ3v) is 3.52. The number of carbonyl (C=O) groups is 2. The molecule has 1 heterocycles.